The monoisotopic (exact) mass is 380 g/mol. The second-order valence-electron chi connectivity index (χ2n) is 6.62. The summed E-state index contributed by atoms with van der Waals surface area (Å²) in [6.07, 6.45) is 8.81. The maximum atomic E-state index is 14.6. The molecule has 1 N–H and O–H groups in total. The standard InChI is InChI=1S/C21H18ClFN4/c1-13-8-18-16(11-26-21(18)25-10-13)9-15-3-5-17(27-20(15)23)4-2-14-6-7-24-12-19(14)22/h3,5-8,10-12H,2,4,9H2,1H3,(H,25,26). The van der Waals surface area contributed by atoms with E-state index in [1.165, 1.54) is 0 Å². The molecule has 0 aromatic carbocycles. The number of nitrogens with one attached hydrogen (secondary N) is 1. The highest BCUT2D eigenvalue weighted by Crippen LogP contribution is 2.22. The Balaban J connectivity index is 1.51. The molecule has 0 aliphatic rings. The summed E-state index contributed by atoms with van der Waals surface area (Å²) in [5.74, 6) is -0.428. The molecule has 0 atom stereocenters. The predicted octanol–water partition coefficient (Wildman–Crippen LogP) is 4.83. The number of hydrogen-bond donors (Lipinski definition) is 1. The summed E-state index contributed by atoms with van der Waals surface area (Å²) in [7, 11) is 0. The Morgan fingerprint density at radius 1 is 1.07 bits per heavy atom. The van der Waals surface area contributed by atoms with E-state index in [4.69, 9.17) is 11.6 Å². The van der Waals surface area contributed by atoms with Gasteiger partial charge in [-0.1, -0.05) is 17.7 Å². The van der Waals surface area contributed by atoms with Crippen LogP contribution in [-0.4, -0.2) is 19.9 Å². The van der Waals surface area contributed by atoms with Crippen molar-refractivity contribution in [1.29, 1.82) is 0 Å². The van der Waals surface area contributed by atoms with Gasteiger partial charge in [0, 0.05) is 47.9 Å². The van der Waals surface area contributed by atoms with Crippen LogP contribution in [0, 0.1) is 12.9 Å². The SMILES string of the molecule is Cc1cnc2[nH]cc(Cc3ccc(CCc4ccncc4Cl)nc3F)c2c1. The molecule has 136 valence electrons. The molecule has 0 spiro atoms. The van der Waals surface area contributed by atoms with Crippen LogP contribution in [0.25, 0.3) is 11.0 Å². The number of halogens is 2. The Morgan fingerprint density at radius 2 is 1.96 bits per heavy atom. The van der Waals surface area contributed by atoms with Crippen molar-refractivity contribution in [3.8, 4) is 0 Å². The van der Waals surface area contributed by atoms with Crippen LogP contribution in [0.15, 0.2) is 49.1 Å². The minimum absolute atomic E-state index is 0.428. The third kappa shape index (κ3) is 3.83. The van der Waals surface area contributed by atoms with Gasteiger partial charge in [-0.05, 0) is 54.7 Å². The number of pyridine rings is 3. The van der Waals surface area contributed by atoms with E-state index >= 15 is 0 Å². The molecule has 0 radical (unpaired) electrons. The van der Waals surface area contributed by atoms with Gasteiger partial charge in [0.05, 0.1) is 5.02 Å². The molecule has 4 nitrogen and oxygen atoms in total. The van der Waals surface area contributed by atoms with Gasteiger partial charge in [0.25, 0.3) is 0 Å². The van der Waals surface area contributed by atoms with Gasteiger partial charge >= 0.3 is 0 Å². The molecule has 0 bridgehead atoms. The summed E-state index contributed by atoms with van der Waals surface area (Å²) >= 11 is 6.12. The van der Waals surface area contributed by atoms with Crippen molar-refractivity contribution in [3.63, 3.8) is 0 Å². The fourth-order valence-electron chi connectivity index (χ4n) is 3.15. The smallest absolute Gasteiger partial charge is 0.216 e. The zero-order valence-electron chi connectivity index (χ0n) is 14.8. The second-order valence-corrected chi connectivity index (χ2v) is 7.03. The largest absolute Gasteiger partial charge is 0.346 e. The number of aryl methyl sites for hydroxylation is 3. The molecule has 4 aromatic rings. The van der Waals surface area contributed by atoms with Crippen molar-refractivity contribution in [2.45, 2.75) is 26.2 Å². The second kappa shape index (κ2) is 7.45. The van der Waals surface area contributed by atoms with Crippen molar-refractivity contribution in [3.05, 3.63) is 88.0 Å². The first kappa shape index (κ1) is 17.6. The third-order valence-corrected chi connectivity index (χ3v) is 4.97. The summed E-state index contributed by atoms with van der Waals surface area (Å²) < 4.78 is 14.6. The van der Waals surface area contributed by atoms with Gasteiger partial charge in [-0.15, -0.1) is 0 Å². The Labute approximate surface area is 161 Å². The zero-order chi connectivity index (χ0) is 18.8. The van der Waals surface area contributed by atoms with Crippen LogP contribution in [0.3, 0.4) is 0 Å². The van der Waals surface area contributed by atoms with E-state index in [1.54, 1.807) is 12.4 Å². The molecule has 4 rings (SSSR count). The number of fused-ring (bicyclic) bond motifs is 1. The van der Waals surface area contributed by atoms with Gasteiger partial charge < -0.3 is 4.98 Å². The Hall–Kier alpha value is -2.79. The van der Waals surface area contributed by atoms with Gasteiger partial charge in [0.2, 0.25) is 5.95 Å². The molecule has 0 saturated heterocycles. The van der Waals surface area contributed by atoms with Gasteiger partial charge in [-0.25, -0.2) is 9.97 Å². The lowest BCUT2D eigenvalue weighted by Gasteiger charge is -2.06. The lowest BCUT2D eigenvalue weighted by molar-refractivity contribution is 0.563. The highest BCUT2D eigenvalue weighted by Gasteiger charge is 2.11. The van der Waals surface area contributed by atoms with Crippen LogP contribution in [0.2, 0.25) is 5.02 Å². The molecular weight excluding hydrogens is 363 g/mol. The number of rotatable bonds is 5. The molecular formula is C21H18ClFN4. The number of hydrogen-bond acceptors (Lipinski definition) is 3. The van der Waals surface area contributed by atoms with Gasteiger partial charge in [-0.3, -0.25) is 4.98 Å². The van der Waals surface area contributed by atoms with Crippen LogP contribution in [-0.2, 0) is 19.3 Å². The van der Waals surface area contributed by atoms with Crippen molar-refractivity contribution in [2.75, 3.05) is 0 Å². The van der Waals surface area contributed by atoms with E-state index in [1.807, 2.05) is 37.5 Å². The van der Waals surface area contributed by atoms with Crippen LogP contribution in [0.4, 0.5) is 4.39 Å². The van der Waals surface area contributed by atoms with Crippen LogP contribution >= 0.6 is 11.6 Å². The average Bonchev–Trinajstić information content (AvgIpc) is 3.05. The number of nitrogens with zero attached hydrogens (tertiary/aromatic N) is 3. The molecule has 0 fully saturated rings. The van der Waals surface area contributed by atoms with Crippen molar-refractivity contribution >= 4 is 22.6 Å². The van der Waals surface area contributed by atoms with E-state index in [-0.39, 0.29) is 0 Å². The predicted molar refractivity (Wildman–Crippen MR) is 104 cm³/mol. The number of aromatic amines is 1. The van der Waals surface area contributed by atoms with Crippen molar-refractivity contribution < 1.29 is 4.39 Å². The van der Waals surface area contributed by atoms with Crippen molar-refractivity contribution in [1.82, 2.24) is 19.9 Å². The molecule has 4 aromatic heterocycles. The first-order chi connectivity index (χ1) is 13.1. The maximum Gasteiger partial charge on any atom is 0.216 e. The van der Waals surface area contributed by atoms with E-state index in [0.29, 0.717) is 35.5 Å². The summed E-state index contributed by atoms with van der Waals surface area (Å²) in [4.78, 5) is 15.6. The highest BCUT2D eigenvalue weighted by atomic mass is 35.5. The lowest BCUT2D eigenvalue weighted by Crippen LogP contribution is -2.01. The molecule has 27 heavy (non-hydrogen) atoms. The Bertz CT molecular complexity index is 1110. The number of H-pyrrole nitrogens is 1. The molecule has 0 amide bonds. The van der Waals surface area contributed by atoms with E-state index in [2.05, 4.69) is 26.0 Å². The normalized spacial score (nSPS) is 11.2. The maximum absolute atomic E-state index is 14.6. The first-order valence-electron chi connectivity index (χ1n) is 8.75. The lowest BCUT2D eigenvalue weighted by atomic mass is 10.0. The third-order valence-electron chi connectivity index (χ3n) is 4.62. The summed E-state index contributed by atoms with van der Waals surface area (Å²) in [5.41, 5.74) is 5.17. The topological polar surface area (TPSA) is 54.5 Å². The molecule has 6 heteroatoms. The molecule has 4 heterocycles. The zero-order valence-corrected chi connectivity index (χ0v) is 15.6. The fraction of sp³-hybridized carbons (Fsp3) is 0.190. The highest BCUT2D eigenvalue weighted by molar-refractivity contribution is 6.31. The first-order valence-corrected chi connectivity index (χ1v) is 9.13. The Kier molecular flexibility index (Phi) is 4.86. The van der Waals surface area contributed by atoms with Crippen LogP contribution in [0.1, 0.15) is 27.9 Å². The summed E-state index contributed by atoms with van der Waals surface area (Å²) in [6.45, 7) is 2.00. The number of aromatic nitrogens is 4. The molecule has 0 unspecified atom stereocenters. The van der Waals surface area contributed by atoms with E-state index < -0.39 is 5.95 Å². The van der Waals surface area contributed by atoms with Gasteiger partial charge in [0.1, 0.15) is 5.65 Å². The summed E-state index contributed by atoms with van der Waals surface area (Å²) in [6, 6.07) is 7.63. The van der Waals surface area contributed by atoms with Crippen LogP contribution < -0.4 is 0 Å². The molecule has 0 saturated carbocycles. The molecule has 0 aliphatic carbocycles. The minimum atomic E-state index is -0.428. The van der Waals surface area contributed by atoms with Crippen LogP contribution in [0.5, 0.6) is 0 Å². The molecule has 0 aliphatic heterocycles. The quantitative estimate of drug-likeness (QED) is 0.504. The Morgan fingerprint density at radius 3 is 2.78 bits per heavy atom. The average molecular weight is 381 g/mol. The minimum Gasteiger partial charge on any atom is -0.346 e. The summed E-state index contributed by atoms with van der Waals surface area (Å²) in [5, 5.41) is 1.64. The van der Waals surface area contributed by atoms with Crippen molar-refractivity contribution in [2.24, 2.45) is 0 Å². The van der Waals surface area contributed by atoms with Gasteiger partial charge in [-0.2, -0.15) is 4.39 Å². The fourth-order valence-corrected chi connectivity index (χ4v) is 3.37. The van der Waals surface area contributed by atoms with E-state index in [9.17, 15) is 4.39 Å². The van der Waals surface area contributed by atoms with E-state index in [0.717, 1.165) is 27.7 Å². The van der Waals surface area contributed by atoms with Gasteiger partial charge in [0.15, 0.2) is 0 Å².